The number of rotatable bonds is 1. The molecular formula is C9H8FN3S. The van der Waals surface area contributed by atoms with Gasteiger partial charge in [-0.2, -0.15) is 5.10 Å². The smallest absolute Gasteiger partial charge is 0.199 e. The van der Waals surface area contributed by atoms with Gasteiger partial charge in [0.15, 0.2) is 4.77 Å². The first-order valence-electron chi connectivity index (χ1n) is 4.07. The van der Waals surface area contributed by atoms with Crippen LogP contribution in [-0.4, -0.2) is 14.8 Å². The highest BCUT2D eigenvalue weighted by molar-refractivity contribution is 7.71. The van der Waals surface area contributed by atoms with E-state index in [4.69, 9.17) is 12.2 Å². The predicted octanol–water partition coefficient (Wildman–Crippen LogP) is 2.38. The summed E-state index contributed by atoms with van der Waals surface area (Å²) in [5.74, 6) is -0.303. The molecule has 0 aliphatic carbocycles. The summed E-state index contributed by atoms with van der Waals surface area (Å²) in [7, 11) is 0. The van der Waals surface area contributed by atoms with Crippen LogP contribution in [-0.2, 0) is 0 Å². The number of aromatic amines is 1. The second-order valence-electron chi connectivity index (χ2n) is 2.94. The van der Waals surface area contributed by atoms with Gasteiger partial charge in [0, 0.05) is 0 Å². The highest BCUT2D eigenvalue weighted by Crippen LogP contribution is 2.17. The molecule has 1 N–H and O–H groups in total. The van der Waals surface area contributed by atoms with Crippen molar-refractivity contribution >= 4 is 12.2 Å². The lowest BCUT2D eigenvalue weighted by molar-refractivity contribution is 0.615. The van der Waals surface area contributed by atoms with E-state index in [1.54, 1.807) is 6.07 Å². The third kappa shape index (κ3) is 1.35. The highest BCUT2D eigenvalue weighted by atomic mass is 32.1. The number of benzene rings is 1. The molecule has 2 aromatic rings. The average molecular weight is 209 g/mol. The first-order chi connectivity index (χ1) is 6.70. The second-order valence-corrected chi connectivity index (χ2v) is 3.32. The normalized spacial score (nSPS) is 10.4. The maximum atomic E-state index is 13.5. The van der Waals surface area contributed by atoms with Crippen LogP contribution in [0.3, 0.4) is 0 Å². The molecule has 0 unspecified atom stereocenters. The summed E-state index contributed by atoms with van der Waals surface area (Å²) in [4.78, 5) is 0. The molecule has 14 heavy (non-hydrogen) atoms. The molecule has 0 spiro atoms. The van der Waals surface area contributed by atoms with Crippen LogP contribution in [0.15, 0.2) is 24.5 Å². The predicted molar refractivity (Wildman–Crippen MR) is 53.4 cm³/mol. The molecule has 1 aromatic heterocycles. The molecule has 0 amide bonds. The number of aromatic nitrogens is 3. The number of para-hydroxylation sites is 1. The Labute approximate surface area is 85.2 Å². The van der Waals surface area contributed by atoms with Gasteiger partial charge in [0.1, 0.15) is 12.1 Å². The molecule has 2 rings (SSSR count). The monoisotopic (exact) mass is 209 g/mol. The lowest BCUT2D eigenvalue weighted by Crippen LogP contribution is -1.99. The Kier molecular flexibility index (Phi) is 2.17. The Morgan fingerprint density at radius 1 is 1.50 bits per heavy atom. The Morgan fingerprint density at radius 2 is 2.29 bits per heavy atom. The molecule has 0 atom stereocenters. The van der Waals surface area contributed by atoms with Gasteiger partial charge in [0.2, 0.25) is 0 Å². The highest BCUT2D eigenvalue weighted by Gasteiger charge is 2.07. The third-order valence-electron chi connectivity index (χ3n) is 1.98. The van der Waals surface area contributed by atoms with Crippen molar-refractivity contribution in [3.63, 3.8) is 0 Å². The Hall–Kier alpha value is -1.49. The molecule has 0 radical (unpaired) electrons. The third-order valence-corrected chi connectivity index (χ3v) is 2.27. The Balaban J connectivity index is 2.74. The summed E-state index contributed by atoms with van der Waals surface area (Å²) in [6.45, 7) is 1.83. The topological polar surface area (TPSA) is 33.6 Å². The van der Waals surface area contributed by atoms with Crippen LogP contribution in [0.5, 0.6) is 0 Å². The molecule has 0 aliphatic heterocycles. The van der Waals surface area contributed by atoms with Crippen LogP contribution < -0.4 is 0 Å². The number of nitrogens with zero attached hydrogens (tertiary/aromatic N) is 2. The minimum atomic E-state index is -0.303. The largest absolute Gasteiger partial charge is 0.271 e. The number of aryl methyl sites for hydroxylation is 1. The van der Waals surface area contributed by atoms with E-state index in [1.807, 2.05) is 13.0 Å². The van der Waals surface area contributed by atoms with Crippen molar-refractivity contribution in [3.8, 4) is 5.69 Å². The van der Waals surface area contributed by atoms with Crippen molar-refractivity contribution in [1.29, 1.82) is 0 Å². The zero-order valence-corrected chi connectivity index (χ0v) is 8.31. The lowest BCUT2D eigenvalue weighted by Gasteiger charge is -2.06. The molecular weight excluding hydrogens is 201 g/mol. The van der Waals surface area contributed by atoms with Gasteiger partial charge in [-0.15, -0.1) is 0 Å². The van der Waals surface area contributed by atoms with Gasteiger partial charge in [-0.1, -0.05) is 12.1 Å². The number of H-pyrrole nitrogens is 1. The SMILES string of the molecule is Cc1cccc(F)c1-n1cn[nH]c1=S. The van der Waals surface area contributed by atoms with Gasteiger partial charge in [0.05, 0.1) is 5.69 Å². The molecule has 1 heterocycles. The fraction of sp³-hybridized carbons (Fsp3) is 0.111. The zero-order chi connectivity index (χ0) is 10.1. The maximum Gasteiger partial charge on any atom is 0.199 e. The fourth-order valence-electron chi connectivity index (χ4n) is 1.34. The first-order valence-corrected chi connectivity index (χ1v) is 4.48. The lowest BCUT2D eigenvalue weighted by atomic mass is 10.2. The summed E-state index contributed by atoms with van der Waals surface area (Å²) in [6, 6.07) is 4.89. The van der Waals surface area contributed by atoms with Crippen LogP contribution in [0.2, 0.25) is 0 Å². The van der Waals surface area contributed by atoms with Gasteiger partial charge >= 0.3 is 0 Å². The zero-order valence-electron chi connectivity index (χ0n) is 7.49. The Bertz CT molecular complexity index is 495. The summed E-state index contributed by atoms with van der Waals surface area (Å²) in [5.41, 5.74) is 1.27. The second kappa shape index (κ2) is 3.34. The first kappa shape index (κ1) is 9.08. The summed E-state index contributed by atoms with van der Waals surface area (Å²) in [5, 5.41) is 6.33. The van der Waals surface area contributed by atoms with Gasteiger partial charge in [-0.25, -0.2) is 4.39 Å². The van der Waals surface area contributed by atoms with Gasteiger partial charge < -0.3 is 0 Å². The van der Waals surface area contributed by atoms with Crippen molar-refractivity contribution in [2.24, 2.45) is 0 Å². The van der Waals surface area contributed by atoms with E-state index >= 15 is 0 Å². The van der Waals surface area contributed by atoms with Crippen LogP contribution >= 0.6 is 12.2 Å². The molecule has 0 saturated heterocycles. The molecule has 1 aromatic carbocycles. The summed E-state index contributed by atoms with van der Waals surface area (Å²) in [6.07, 6.45) is 1.47. The van der Waals surface area contributed by atoms with E-state index in [9.17, 15) is 4.39 Å². The van der Waals surface area contributed by atoms with E-state index in [0.29, 0.717) is 10.5 Å². The number of hydrogen-bond acceptors (Lipinski definition) is 2. The van der Waals surface area contributed by atoms with E-state index in [1.165, 1.54) is 17.0 Å². The molecule has 0 aliphatic rings. The van der Waals surface area contributed by atoms with Crippen LogP contribution in [0.4, 0.5) is 4.39 Å². The average Bonchev–Trinajstić information content (AvgIpc) is 2.52. The van der Waals surface area contributed by atoms with E-state index in [-0.39, 0.29) is 5.82 Å². The van der Waals surface area contributed by atoms with E-state index < -0.39 is 0 Å². The van der Waals surface area contributed by atoms with Gasteiger partial charge in [0.25, 0.3) is 0 Å². The quantitative estimate of drug-likeness (QED) is 0.731. The standard InChI is InChI=1S/C9H8FN3S/c1-6-3-2-4-7(10)8(6)13-5-11-12-9(13)14/h2-5H,1H3,(H,12,14). The molecule has 3 nitrogen and oxygen atoms in total. The molecule has 72 valence electrons. The van der Waals surface area contributed by atoms with Crippen molar-refractivity contribution in [2.45, 2.75) is 6.92 Å². The summed E-state index contributed by atoms with van der Waals surface area (Å²) >= 11 is 4.96. The molecule has 0 fully saturated rings. The van der Waals surface area contributed by atoms with Crippen LogP contribution in [0.1, 0.15) is 5.56 Å². The summed E-state index contributed by atoms with van der Waals surface area (Å²) < 4.78 is 15.4. The van der Waals surface area contributed by atoms with Crippen LogP contribution in [0, 0.1) is 17.5 Å². The molecule has 0 saturated carbocycles. The van der Waals surface area contributed by atoms with Crippen molar-refractivity contribution in [2.75, 3.05) is 0 Å². The van der Waals surface area contributed by atoms with E-state index in [2.05, 4.69) is 10.2 Å². The van der Waals surface area contributed by atoms with Crippen molar-refractivity contribution < 1.29 is 4.39 Å². The minimum Gasteiger partial charge on any atom is -0.271 e. The fourth-order valence-corrected chi connectivity index (χ4v) is 1.53. The molecule has 0 bridgehead atoms. The maximum absolute atomic E-state index is 13.5. The minimum absolute atomic E-state index is 0.303. The molecule has 5 heteroatoms. The van der Waals surface area contributed by atoms with E-state index in [0.717, 1.165) is 5.56 Å². The number of nitrogens with one attached hydrogen (secondary N) is 1. The number of hydrogen-bond donors (Lipinski definition) is 1. The number of halogens is 1. The van der Waals surface area contributed by atoms with Crippen molar-refractivity contribution in [3.05, 3.63) is 40.7 Å². The van der Waals surface area contributed by atoms with Gasteiger partial charge in [-0.3, -0.25) is 9.67 Å². The van der Waals surface area contributed by atoms with Gasteiger partial charge in [-0.05, 0) is 30.8 Å². The van der Waals surface area contributed by atoms with Crippen LogP contribution in [0.25, 0.3) is 5.69 Å². The van der Waals surface area contributed by atoms with Crippen molar-refractivity contribution in [1.82, 2.24) is 14.8 Å². The Morgan fingerprint density at radius 3 is 2.86 bits per heavy atom.